The summed E-state index contributed by atoms with van der Waals surface area (Å²) in [6.07, 6.45) is 5.25. The molecule has 2 aromatic carbocycles. The van der Waals surface area contributed by atoms with E-state index < -0.39 is 10.0 Å². The molecule has 0 spiro atoms. The van der Waals surface area contributed by atoms with Gasteiger partial charge in [-0.1, -0.05) is 24.3 Å². The first kappa shape index (κ1) is 21.3. The molecule has 4 aromatic rings. The molecule has 0 aliphatic rings. The standard InChI is InChI=1S/C23H21N5O3S/c1-17-24-13-14-28(17)22-12-7-18(15-25-22)16-26-23(29)19-8-10-20(11-9-19)27-32(30,31)21-5-3-2-4-6-21/h2-15,27H,16H2,1H3,(H,26,29). The SMILES string of the molecule is Cc1nccn1-c1ccc(CNC(=O)c2ccc(NS(=O)(=O)c3ccccc3)cc2)cn1. The number of aryl methyl sites for hydroxylation is 1. The highest BCUT2D eigenvalue weighted by Crippen LogP contribution is 2.16. The van der Waals surface area contributed by atoms with Crippen molar-refractivity contribution in [2.45, 2.75) is 18.4 Å². The van der Waals surface area contributed by atoms with Crippen LogP contribution in [0, 0.1) is 6.92 Å². The van der Waals surface area contributed by atoms with E-state index in [1.54, 1.807) is 54.9 Å². The van der Waals surface area contributed by atoms with Crippen LogP contribution in [0.2, 0.25) is 0 Å². The molecule has 4 rings (SSSR count). The number of carbonyl (C=O) groups excluding carboxylic acids is 1. The summed E-state index contributed by atoms with van der Waals surface area (Å²) in [6, 6.07) is 18.1. The number of rotatable bonds is 7. The largest absolute Gasteiger partial charge is 0.348 e. The van der Waals surface area contributed by atoms with Crippen molar-refractivity contribution in [3.63, 3.8) is 0 Å². The van der Waals surface area contributed by atoms with Gasteiger partial charge in [-0.15, -0.1) is 0 Å². The summed E-state index contributed by atoms with van der Waals surface area (Å²) < 4.78 is 29.2. The third kappa shape index (κ3) is 4.84. The number of amides is 1. The van der Waals surface area contributed by atoms with Crippen molar-refractivity contribution in [3.8, 4) is 5.82 Å². The molecule has 2 N–H and O–H groups in total. The van der Waals surface area contributed by atoms with Crippen LogP contribution in [0.3, 0.4) is 0 Å². The molecule has 9 heteroatoms. The van der Waals surface area contributed by atoms with Crippen LogP contribution in [-0.4, -0.2) is 28.9 Å². The van der Waals surface area contributed by atoms with Gasteiger partial charge in [0, 0.05) is 36.4 Å². The van der Waals surface area contributed by atoms with Crippen LogP contribution in [0.4, 0.5) is 5.69 Å². The summed E-state index contributed by atoms with van der Waals surface area (Å²) in [5.74, 6) is 1.33. The first-order chi connectivity index (χ1) is 15.4. The maximum absolute atomic E-state index is 12.5. The van der Waals surface area contributed by atoms with E-state index in [9.17, 15) is 13.2 Å². The number of benzene rings is 2. The number of nitrogens with zero attached hydrogens (tertiary/aromatic N) is 3. The Bertz CT molecular complexity index is 1320. The molecule has 0 unspecified atom stereocenters. The van der Waals surface area contributed by atoms with Gasteiger partial charge in [-0.3, -0.25) is 14.1 Å². The van der Waals surface area contributed by atoms with Crippen LogP contribution in [0.15, 0.2) is 90.2 Å². The van der Waals surface area contributed by atoms with Gasteiger partial charge < -0.3 is 5.32 Å². The summed E-state index contributed by atoms with van der Waals surface area (Å²) in [7, 11) is -3.68. The first-order valence-corrected chi connectivity index (χ1v) is 11.3. The van der Waals surface area contributed by atoms with Crippen LogP contribution in [0.1, 0.15) is 21.7 Å². The van der Waals surface area contributed by atoms with Gasteiger partial charge in [0.25, 0.3) is 15.9 Å². The predicted octanol–water partition coefficient (Wildman–Crippen LogP) is 3.31. The Morgan fingerprint density at radius 1 is 0.969 bits per heavy atom. The summed E-state index contributed by atoms with van der Waals surface area (Å²) in [4.78, 5) is 21.2. The minimum atomic E-state index is -3.68. The molecule has 0 aliphatic carbocycles. The van der Waals surface area contributed by atoms with E-state index >= 15 is 0 Å². The third-order valence-electron chi connectivity index (χ3n) is 4.79. The Hall–Kier alpha value is -3.98. The van der Waals surface area contributed by atoms with Crippen LogP contribution in [-0.2, 0) is 16.6 Å². The molecule has 0 atom stereocenters. The van der Waals surface area contributed by atoms with Gasteiger partial charge in [0.05, 0.1) is 4.90 Å². The molecule has 0 radical (unpaired) electrons. The third-order valence-corrected chi connectivity index (χ3v) is 6.18. The zero-order chi connectivity index (χ0) is 22.6. The number of imidazole rings is 1. The van der Waals surface area contributed by atoms with Crippen molar-refractivity contribution in [3.05, 3.63) is 102 Å². The topological polar surface area (TPSA) is 106 Å². The molecule has 0 aliphatic heterocycles. The Kier molecular flexibility index (Phi) is 6.00. The predicted molar refractivity (Wildman–Crippen MR) is 121 cm³/mol. The molecule has 1 amide bonds. The average molecular weight is 448 g/mol. The highest BCUT2D eigenvalue weighted by Gasteiger charge is 2.14. The average Bonchev–Trinajstić information content (AvgIpc) is 3.24. The molecular formula is C23H21N5O3S. The second-order valence-corrected chi connectivity index (χ2v) is 8.73. The fourth-order valence-corrected chi connectivity index (χ4v) is 4.15. The molecule has 8 nitrogen and oxygen atoms in total. The quantitative estimate of drug-likeness (QED) is 0.452. The highest BCUT2D eigenvalue weighted by molar-refractivity contribution is 7.92. The highest BCUT2D eigenvalue weighted by atomic mass is 32.2. The van der Waals surface area contributed by atoms with Crippen LogP contribution >= 0.6 is 0 Å². The lowest BCUT2D eigenvalue weighted by atomic mass is 10.2. The van der Waals surface area contributed by atoms with Crippen molar-refractivity contribution in [2.75, 3.05) is 4.72 Å². The zero-order valence-electron chi connectivity index (χ0n) is 17.3. The van der Waals surface area contributed by atoms with E-state index in [4.69, 9.17) is 0 Å². The fraction of sp³-hybridized carbons (Fsp3) is 0.0870. The number of hydrogen-bond donors (Lipinski definition) is 2. The van der Waals surface area contributed by atoms with Crippen molar-refractivity contribution >= 4 is 21.6 Å². The number of aromatic nitrogens is 3. The molecule has 0 saturated heterocycles. The zero-order valence-corrected chi connectivity index (χ0v) is 18.1. The van der Waals surface area contributed by atoms with Crippen LogP contribution in [0.5, 0.6) is 0 Å². The van der Waals surface area contributed by atoms with Gasteiger partial charge in [-0.2, -0.15) is 0 Å². The number of pyridine rings is 1. The molecule has 32 heavy (non-hydrogen) atoms. The maximum Gasteiger partial charge on any atom is 0.261 e. The minimum Gasteiger partial charge on any atom is -0.348 e. The normalized spacial score (nSPS) is 11.2. The lowest BCUT2D eigenvalue weighted by Crippen LogP contribution is -2.23. The summed E-state index contributed by atoms with van der Waals surface area (Å²) in [5.41, 5.74) is 1.65. The first-order valence-electron chi connectivity index (χ1n) is 9.84. The van der Waals surface area contributed by atoms with E-state index in [1.165, 1.54) is 12.1 Å². The minimum absolute atomic E-state index is 0.171. The number of nitrogens with one attached hydrogen (secondary N) is 2. The second-order valence-electron chi connectivity index (χ2n) is 7.05. The van der Waals surface area contributed by atoms with Gasteiger partial charge >= 0.3 is 0 Å². The Balaban J connectivity index is 1.35. The Morgan fingerprint density at radius 2 is 1.72 bits per heavy atom. The van der Waals surface area contributed by atoms with E-state index in [2.05, 4.69) is 20.0 Å². The second kappa shape index (κ2) is 9.03. The van der Waals surface area contributed by atoms with Crippen molar-refractivity contribution in [2.24, 2.45) is 0 Å². The van der Waals surface area contributed by atoms with Gasteiger partial charge in [-0.05, 0) is 55.0 Å². The molecule has 2 heterocycles. The van der Waals surface area contributed by atoms with E-state index in [-0.39, 0.29) is 10.8 Å². The van der Waals surface area contributed by atoms with Gasteiger partial charge in [0.2, 0.25) is 0 Å². The maximum atomic E-state index is 12.5. The smallest absolute Gasteiger partial charge is 0.261 e. The van der Waals surface area contributed by atoms with Gasteiger partial charge in [0.1, 0.15) is 11.6 Å². The van der Waals surface area contributed by atoms with Gasteiger partial charge in [0.15, 0.2) is 0 Å². The molecule has 2 aromatic heterocycles. The van der Waals surface area contributed by atoms with E-state index in [1.807, 2.05) is 29.8 Å². The van der Waals surface area contributed by atoms with Crippen molar-refractivity contribution in [1.82, 2.24) is 19.9 Å². The van der Waals surface area contributed by atoms with Crippen molar-refractivity contribution in [1.29, 1.82) is 0 Å². The molecule has 0 fully saturated rings. The fourth-order valence-electron chi connectivity index (χ4n) is 3.07. The lowest BCUT2D eigenvalue weighted by molar-refractivity contribution is 0.0951. The van der Waals surface area contributed by atoms with E-state index in [0.717, 1.165) is 17.2 Å². The van der Waals surface area contributed by atoms with Crippen molar-refractivity contribution < 1.29 is 13.2 Å². The Morgan fingerprint density at radius 3 is 2.34 bits per heavy atom. The van der Waals surface area contributed by atoms with Crippen LogP contribution in [0.25, 0.3) is 5.82 Å². The molecule has 0 saturated carbocycles. The Labute approximate surface area is 186 Å². The molecule has 0 bridgehead atoms. The molecular weight excluding hydrogens is 426 g/mol. The lowest BCUT2D eigenvalue weighted by Gasteiger charge is -2.10. The number of anilines is 1. The summed E-state index contributed by atoms with van der Waals surface area (Å²) >= 11 is 0. The molecule has 162 valence electrons. The van der Waals surface area contributed by atoms with Crippen LogP contribution < -0.4 is 10.0 Å². The monoisotopic (exact) mass is 447 g/mol. The summed E-state index contributed by atoms with van der Waals surface area (Å²) in [6.45, 7) is 2.21. The number of sulfonamides is 1. The number of hydrogen-bond acceptors (Lipinski definition) is 5. The number of carbonyl (C=O) groups is 1. The summed E-state index contributed by atoms with van der Waals surface area (Å²) in [5, 5.41) is 2.84. The van der Waals surface area contributed by atoms with E-state index in [0.29, 0.717) is 17.8 Å². The van der Waals surface area contributed by atoms with Gasteiger partial charge in [-0.25, -0.2) is 18.4 Å².